The number of hydrogen-bond donors (Lipinski definition) is 0. The zero-order valence-corrected chi connectivity index (χ0v) is 18.1. The molecule has 1 saturated heterocycles. The summed E-state index contributed by atoms with van der Waals surface area (Å²) in [4.78, 5) is 14.1. The predicted molar refractivity (Wildman–Crippen MR) is 116 cm³/mol. The number of halogens is 2. The van der Waals surface area contributed by atoms with Crippen LogP contribution in [0.2, 0.25) is 0 Å². The summed E-state index contributed by atoms with van der Waals surface area (Å²) in [7, 11) is 1.88. The minimum Gasteiger partial charge on any atom is -0.373 e. The van der Waals surface area contributed by atoms with Gasteiger partial charge in [-0.05, 0) is 44.9 Å². The normalized spacial score (nSPS) is 18.9. The first-order chi connectivity index (χ1) is 15.4. The van der Waals surface area contributed by atoms with Crippen LogP contribution in [0.1, 0.15) is 47.5 Å². The van der Waals surface area contributed by atoms with Crippen molar-refractivity contribution < 1.29 is 13.5 Å². The van der Waals surface area contributed by atoms with E-state index in [9.17, 15) is 8.78 Å². The van der Waals surface area contributed by atoms with Crippen LogP contribution in [0.5, 0.6) is 0 Å². The molecule has 0 bridgehead atoms. The summed E-state index contributed by atoms with van der Waals surface area (Å²) in [6.07, 6.45) is 5.21. The molecule has 5 rings (SSSR count). The minimum absolute atomic E-state index is 0.0863. The third kappa shape index (κ3) is 3.75. The summed E-state index contributed by atoms with van der Waals surface area (Å²) in [5.41, 5.74) is 5.19. The average molecular weight is 435 g/mol. The lowest BCUT2D eigenvalue weighted by atomic mass is 9.88. The molecule has 2 atom stereocenters. The highest BCUT2D eigenvalue weighted by molar-refractivity contribution is 5.90. The van der Waals surface area contributed by atoms with Crippen molar-refractivity contribution in [3.8, 4) is 11.1 Å². The summed E-state index contributed by atoms with van der Waals surface area (Å²) in [5, 5.41) is 4.25. The molecule has 4 aromatic rings. The van der Waals surface area contributed by atoms with Crippen LogP contribution in [0, 0.1) is 25.5 Å². The minimum atomic E-state index is -0.635. The summed E-state index contributed by atoms with van der Waals surface area (Å²) in [6, 6.07) is 5.47. The summed E-state index contributed by atoms with van der Waals surface area (Å²) in [5.74, 6) is -1.15. The second-order valence-electron chi connectivity index (χ2n) is 8.31. The summed E-state index contributed by atoms with van der Waals surface area (Å²) < 4.78 is 36.1. The van der Waals surface area contributed by atoms with E-state index in [1.807, 2.05) is 39.4 Å². The van der Waals surface area contributed by atoms with E-state index in [-0.39, 0.29) is 17.6 Å². The smallest absolute Gasteiger partial charge is 0.179 e. The third-order valence-electron chi connectivity index (χ3n) is 6.09. The quantitative estimate of drug-likeness (QED) is 0.455. The van der Waals surface area contributed by atoms with E-state index in [0.717, 1.165) is 41.6 Å². The van der Waals surface area contributed by atoms with Gasteiger partial charge in [-0.25, -0.2) is 23.7 Å². The van der Waals surface area contributed by atoms with Crippen molar-refractivity contribution in [3.63, 3.8) is 0 Å². The van der Waals surface area contributed by atoms with Crippen LogP contribution in [0.15, 0.2) is 36.7 Å². The van der Waals surface area contributed by atoms with Gasteiger partial charge in [0.05, 0.1) is 23.7 Å². The molecule has 1 fully saturated rings. The molecule has 32 heavy (non-hydrogen) atoms. The molecule has 8 heteroatoms. The van der Waals surface area contributed by atoms with Gasteiger partial charge in [0.25, 0.3) is 0 Å². The van der Waals surface area contributed by atoms with E-state index in [1.54, 1.807) is 4.68 Å². The summed E-state index contributed by atoms with van der Waals surface area (Å²) in [6.45, 7) is 4.32. The van der Waals surface area contributed by atoms with Crippen molar-refractivity contribution in [2.24, 2.45) is 7.05 Å². The van der Waals surface area contributed by atoms with E-state index < -0.39 is 11.6 Å². The first-order valence-electron chi connectivity index (χ1n) is 10.6. The molecule has 3 aromatic heterocycles. The van der Waals surface area contributed by atoms with Crippen LogP contribution in [0.3, 0.4) is 0 Å². The highest BCUT2D eigenvalue weighted by Crippen LogP contribution is 2.39. The third-order valence-corrected chi connectivity index (χ3v) is 6.09. The average Bonchev–Trinajstić information content (AvgIpc) is 3.21. The van der Waals surface area contributed by atoms with Crippen LogP contribution in [-0.2, 0) is 11.8 Å². The number of aryl methyl sites for hydroxylation is 3. The van der Waals surface area contributed by atoms with Crippen LogP contribution >= 0.6 is 0 Å². The fraction of sp³-hybridized carbons (Fsp3) is 0.333. The van der Waals surface area contributed by atoms with E-state index in [2.05, 4.69) is 15.1 Å². The van der Waals surface area contributed by atoms with Gasteiger partial charge in [-0.2, -0.15) is 5.10 Å². The zero-order chi connectivity index (χ0) is 22.4. The predicted octanol–water partition coefficient (Wildman–Crippen LogP) is 4.96. The van der Waals surface area contributed by atoms with Crippen molar-refractivity contribution in [3.05, 3.63) is 70.9 Å². The lowest BCUT2D eigenvalue weighted by molar-refractivity contribution is 0.00465. The molecule has 0 N–H and O–H groups in total. The first-order valence-corrected chi connectivity index (χ1v) is 10.6. The van der Waals surface area contributed by atoms with Crippen LogP contribution < -0.4 is 0 Å². The standard InChI is InChI=1S/C24H23F2N5O/c1-13-14(2)29-24-23(28-13)19(18-5-4-17(25)9-20(18)26)10-21(30-24)15-6-7-32-22(8-15)16-11-27-31(3)12-16/h4-5,9-12,15,22H,6-8H2,1-3H3/t15-,22-/m0/s1. The van der Waals surface area contributed by atoms with Gasteiger partial charge in [-0.3, -0.25) is 4.68 Å². The second kappa shape index (κ2) is 8.02. The highest BCUT2D eigenvalue weighted by Gasteiger charge is 2.28. The number of benzene rings is 1. The molecule has 0 aliphatic carbocycles. The van der Waals surface area contributed by atoms with Gasteiger partial charge in [-0.1, -0.05) is 0 Å². The van der Waals surface area contributed by atoms with Crippen molar-refractivity contribution >= 4 is 11.2 Å². The lowest BCUT2D eigenvalue weighted by Crippen LogP contribution is -2.19. The monoisotopic (exact) mass is 435 g/mol. The molecule has 6 nitrogen and oxygen atoms in total. The molecule has 1 aliphatic heterocycles. The molecule has 1 aliphatic rings. The molecular formula is C24H23F2N5O. The number of hydrogen-bond acceptors (Lipinski definition) is 5. The van der Waals surface area contributed by atoms with Gasteiger partial charge in [0.15, 0.2) is 5.65 Å². The van der Waals surface area contributed by atoms with Crippen molar-refractivity contribution in [2.75, 3.05) is 6.61 Å². The summed E-state index contributed by atoms with van der Waals surface area (Å²) >= 11 is 0. The molecule has 0 unspecified atom stereocenters. The maximum atomic E-state index is 14.8. The number of pyridine rings is 1. The van der Waals surface area contributed by atoms with Crippen molar-refractivity contribution in [1.82, 2.24) is 24.7 Å². The Labute approximate surface area is 184 Å². The molecule has 4 heterocycles. The van der Waals surface area contributed by atoms with Gasteiger partial charge >= 0.3 is 0 Å². The van der Waals surface area contributed by atoms with E-state index in [4.69, 9.17) is 9.72 Å². The molecule has 0 radical (unpaired) electrons. The highest BCUT2D eigenvalue weighted by atomic mass is 19.1. The number of fused-ring (bicyclic) bond motifs is 1. The Kier molecular flexibility index (Phi) is 5.17. The van der Waals surface area contributed by atoms with Gasteiger partial charge in [-0.15, -0.1) is 0 Å². The largest absolute Gasteiger partial charge is 0.373 e. The number of rotatable bonds is 3. The number of ether oxygens (including phenoxy) is 1. The van der Waals surface area contributed by atoms with Gasteiger partial charge < -0.3 is 4.74 Å². The van der Waals surface area contributed by atoms with Crippen LogP contribution in [-0.4, -0.2) is 31.3 Å². The molecule has 1 aromatic carbocycles. The van der Waals surface area contributed by atoms with Crippen LogP contribution in [0.25, 0.3) is 22.3 Å². The Hall–Kier alpha value is -3.26. The maximum absolute atomic E-state index is 14.8. The Bertz CT molecular complexity index is 1320. The maximum Gasteiger partial charge on any atom is 0.179 e. The van der Waals surface area contributed by atoms with Gasteiger partial charge in [0.2, 0.25) is 0 Å². The van der Waals surface area contributed by atoms with Gasteiger partial charge in [0, 0.05) is 54.2 Å². The van der Waals surface area contributed by atoms with Crippen molar-refractivity contribution in [1.29, 1.82) is 0 Å². The topological polar surface area (TPSA) is 65.7 Å². The Morgan fingerprint density at radius 3 is 2.59 bits per heavy atom. The van der Waals surface area contributed by atoms with Crippen molar-refractivity contribution in [2.45, 2.75) is 38.7 Å². The van der Waals surface area contributed by atoms with Crippen LogP contribution in [0.4, 0.5) is 8.78 Å². The Morgan fingerprint density at radius 2 is 1.84 bits per heavy atom. The molecular weight excluding hydrogens is 412 g/mol. The second-order valence-corrected chi connectivity index (χ2v) is 8.31. The molecule has 164 valence electrons. The number of aromatic nitrogens is 5. The lowest BCUT2D eigenvalue weighted by Gasteiger charge is -2.29. The fourth-order valence-electron chi connectivity index (χ4n) is 4.25. The first kappa shape index (κ1) is 20.6. The molecule has 0 saturated carbocycles. The molecule has 0 spiro atoms. The zero-order valence-electron chi connectivity index (χ0n) is 18.1. The Balaban J connectivity index is 1.62. The number of nitrogens with zero attached hydrogens (tertiary/aromatic N) is 5. The van der Waals surface area contributed by atoms with E-state index in [0.29, 0.717) is 23.3 Å². The molecule has 0 amide bonds. The van der Waals surface area contributed by atoms with E-state index >= 15 is 0 Å². The Morgan fingerprint density at radius 1 is 1.03 bits per heavy atom. The fourth-order valence-corrected chi connectivity index (χ4v) is 4.25. The SMILES string of the molecule is Cc1nc2nc([C@H]3CCO[C@H](c4cnn(C)c4)C3)cc(-c3ccc(F)cc3F)c2nc1C. The van der Waals surface area contributed by atoms with E-state index in [1.165, 1.54) is 12.1 Å². The van der Waals surface area contributed by atoms with Gasteiger partial charge in [0.1, 0.15) is 17.2 Å².